The van der Waals surface area contributed by atoms with Crippen LogP contribution < -0.4 is 14.4 Å². The summed E-state index contributed by atoms with van der Waals surface area (Å²) in [6.07, 6.45) is 5.36. The Hall–Kier alpha value is -4.22. The number of fused-ring (bicyclic) bond motifs is 2. The first-order chi connectivity index (χ1) is 20.6. The van der Waals surface area contributed by atoms with Crippen molar-refractivity contribution in [3.05, 3.63) is 114 Å². The van der Waals surface area contributed by atoms with Crippen LogP contribution >= 0.6 is 0 Å². The maximum Gasteiger partial charge on any atom is 0.121 e. The van der Waals surface area contributed by atoms with E-state index in [2.05, 4.69) is 120 Å². The number of methoxy groups -OCH3 is 1. The molecule has 0 radical (unpaired) electrons. The number of hydrogen-bond acceptors (Lipinski definition) is 4. The zero-order chi connectivity index (χ0) is 28.9. The van der Waals surface area contributed by atoms with Gasteiger partial charge in [0.1, 0.15) is 18.1 Å². The zero-order valence-electron chi connectivity index (χ0n) is 25.0. The minimum Gasteiger partial charge on any atom is -0.497 e. The molecule has 2 heterocycles. The van der Waals surface area contributed by atoms with E-state index in [0.717, 1.165) is 55.9 Å². The van der Waals surface area contributed by atoms with Gasteiger partial charge in [0.05, 0.1) is 7.11 Å². The van der Waals surface area contributed by atoms with Crippen LogP contribution in [0, 0.1) is 5.92 Å². The Balaban J connectivity index is 1.14. The predicted octanol–water partition coefficient (Wildman–Crippen LogP) is 7.60. The highest BCUT2D eigenvalue weighted by Crippen LogP contribution is 2.34. The summed E-state index contributed by atoms with van der Waals surface area (Å²) >= 11 is 0. The van der Waals surface area contributed by atoms with Crippen molar-refractivity contribution in [1.29, 1.82) is 0 Å². The van der Waals surface area contributed by atoms with Crippen LogP contribution in [0.3, 0.4) is 0 Å². The van der Waals surface area contributed by atoms with Crippen molar-refractivity contribution in [2.45, 2.75) is 25.9 Å². The van der Waals surface area contributed by atoms with Gasteiger partial charge in [-0.1, -0.05) is 60.7 Å². The zero-order valence-corrected chi connectivity index (χ0v) is 25.0. The number of hydrogen-bond donors (Lipinski definition) is 1. The lowest BCUT2D eigenvalue weighted by atomic mass is 9.91. The summed E-state index contributed by atoms with van der Waals surface area (Å²) in [5.41, 5.74) is 8.88. The number of ether oxygens (including phenoxy) is 2. The van der Waals surface area contributed by atoms with E-state index >= 15 is 0 Å². The maximum atomic E-state index is 6.33. The molecule has 0 saturated heterocycles. The Kier molecular flexibility index (Phi) is 8.47. The molecule has 1 atom stereocenters. The summed E-state index contributed by atoms with van der Waals surface area (Å²) < 4.78 is 11.8. The second-order valence-electron chi connectivity index (χ2n) is 11.7. The van der Waals surface area contributed by atoms with Crippen LogP contribution in [0.2, 0.25) is 0 Å². The van der Waals surface area contributed by atoms with Crippen LogP contribution in [0.1, 0.15) is 23.1 Å². The first-order valence-corrected chi connectivity index (χ1v) is 15.0. The van der Waals surface area contributed by atoms with Crippen LogP contribution in [0.5, 0.6) is 11.5 Å². The molecule has 4 aromatic carbocycles. The first-order valence-electron chi connectivity index (χ1n) is 15.0. The Morgan fingerprint density at radius 1 is 0.881 bits per heavy atom. The van der Waals surface area contributed by atoms with Gasteiger partial charge in [0.25, 0.3) is 0 Å². The fourth-order valence-corrected chi connectivity index (χ4v) is 6.28. The number of benzene rings is 4. The quantitative estimate of drug-likeness (QED) is 0.181. The van der Waals surface area contributed by atoms with Crippen molar-refractivity contribution in [3.8, 4) is 22.6 Å². The van der Waals surface area contributed by atoms with Gasteiger partial charge in [0.2, 0.25) is 0 Å². The van der Waals surface area contributed by atoms with E-state index in [4.69, 9.17) is 9.47 Å². The highest BCUT2D eigenvalue weighted by atomic mass is 16.5. The lowest BCUT2D eigenvalue weighted by molar-refractivity contribution is 0.304. The molecule has 0 bridgehead atoms. The highest BCUT2D eigenvalue weighted by Gasteiger charge is 2.25. The minimum absolute atomic E-state index is 0.557. The van der Waals surface area contributed by atoms with Gasteiger partial charge in [-0.15, -0.1) is 0 Å². The number of aromatic amines is 1. The standard InChI is InChI=1S/C37H41N3O2/c1-39(2)24-28-20-31-15-16-34(42-26-27-11-13-30(14-12-27)29-8-5-4-6-9-29)22-37(31)40(25-28)19-7-10-32-23-38-36-18-17-33(41-3)21-35(32)36/h4-6,8-9,11-18,21-23,28,38H,7,10,19-20,24-26H2,1-3H3. The number of aromatic nitrogens is 1. The molecule has 5 aromatic rings. The molecule has 1 aliphatic rings. The van der Waals surface area contributed by atoms with Gasteiger partial charge < -0.3 is 24.3 Å². The van der Waals surface area contributed by atoms with Crippen molar-refractivity contribution < 1.29 is 9.47 Å². The average Bonchev–Trinajstić information content (AvgIpc) is 3.42. The summed E-state index contributed by atoms with van der Waals surface area (Å²) in [4.78, 5) is 8.33. The van der Waals surface area contributed by atoms with Gasteiger partial charge in [-0.3, -0.25) is 0 Å². The third kappa shape index (κ3) is 6.47. The lowest BCUT2D eigenvalue weighted by Crippen LogP contribution is -2.40. The van der Waals surface area contributed by atoms with Crippen LogP contribution in [0.15, 0.2) is 97.2 Å². The molecule has 6 rings (SSSR count). The third-order valence-corrected chi connectivity index (χ3v) is 8.32. The number of aryl methyl sites for hydroxylation is 1. The Morgan fingerprint density at radius 2 is 1.67 bits per heavy atom. The number of anilines is 1. The largest absolute Gasteiger partial charge is 0.497 e. The van der Waals surface area contributed by atoms with E-state index in [-0.39, 0.29) is 0 Å². The molecule has 0 saturated carbocycles. The van der Waals surface area contributed by atoms with Gasteiger partial charge >= 0.3 is 0 Å². The van der Waals surface area contributed by atoms with E-state index in [1.807, 2.05) is 6.07 Å². The molecule has 0 spiro atoms. The summed E-state index contributed by atoms with van der Waals surface area (Å²) in [6.45, 7) is 3.73. The average molecular weight is 560 g/mol. The Bertz CT molecular complexity index is 1610. The predicted molar refractivity (Wildman–Crippen MR) is 174 cm³/mol. The van der Waals surface area contributed by atoms with Crippen molar-refractivity contribution >= 4 is 16.6 Å². The molecule has 1 N–H and O–H groups in total. The molecule has 0 amide bonds. The fraction of sp³-hybridized carbons (Fsp3) is 0.297. The molecule has 1 aromatic heterocycles. The topological polar surface area (TPSA) is 40.7 Å². The normalized spacial score (nSPS) is 14.8. The summed E-state index contributed by atoms with van der Waals surface area (Å²) in [5, 5.41) is 1.26. The second kappa shape index (κ2) is 12.7. The van der Waals surface area contributed by atoms with E-state index in [9.17, 15) is 0 Å². The number of nitrogens with zero attached hydrogens (tertiary/aromatic N) is 2. The molecule has 42 heavy (non-hydrogen) atoms. The van der Waals surface area contributed by atoms with E-state index in [0.29, 0.717) is 12.5 Å². The van der Waals surface area contributed by atoms with Crippen LogP contribution in [0.25, 0.3) is 22.0 Å². The lowest BCUT2D eigenvalue weighted by Gasteiger charge is -2.37. The van der Waals surface area contributed by atoms with E-state index < -0.39 is 0 Å². The SMILES string of the molecule is COc1ccc2[nH]cc(CCCN3CC(CN(C)C)Cc4ccc(OCc5ccc(-c6ccccc6)cc5)cc43)c2c1. The van der Waals surface area contributed by atoms with Gasteiger partial charge in [0.15, 0.2) is 0 Å². The molecule has 5 heteroatoms. The Labute approximate surface area is 249 Å². The van der Waals surface area contributed by atoms with Crippen molar-refractivity contribution in [3.63, 3.8) is 0 Å². The van der Waals surface area contributed by atoms with E-state index in [1.165, 1.54) is 38.9 Å². The van der Waals surface area contributed by atoms with Crippen molar-refractivity contribution in [2.24, 2.45) is 5.92 Å². The number of nitrogens with one attached hydrogen (secondary N) is 1. The van der Waals surface area contributed by atoms with Gasteiger partial charge in [-0.2, -0.15) is 0 Å². The molecular weight excluding hydrogens is 518 g/mol. The molecule has 1 aliphatic heterocycles. The number of H-pyrrole nitrogens is 1. The van der Waals surface area contributed by atoms with Crippen LogP contribution in [-0.4, -0.2) is 50.7 Å². The summed E-state index contributed by atoms with van der Waals surface area (Å²) in [7, 11) is 6.08. The molecule has 0 aliphatic carbocycles. The van der Waals surface area contributed by atoms with Gasteiger partial charge in [0, 0.05) is 48.5 Å². The van der Waals surface area contributed by atoms with E-state index in [1.54, 1.807) is 7.11 Å². The van der Waals surface area contributed by atoms with Crippen molar-refractivity contribution in [2.75, 3.05) is 45.7 Å². The molecular formula is C37H41N3O2. The molecule has 216 valence electrons. The first kappa shape index (κ1) is 27.9. The van der Waals surface area contributed by atoms with Gasteiger partial charge in [-0.25, -0.2) is 0 Å². The smallest absolute Gasteiger partial charge is 0.121 e. The summed E-state index contributed by atoms with van der Waals surface area (Å²) in [6, 6.07) is 32.1. The molecule has 1 unspecified atom stereocenters. The third-order valence-electron chi connectivity index (χ3n) is 8.32. The van der Waals surface area contributed by atoms with Crippen LogP contribution in [-0.2, 0) is 19.4 Å². The van der Waals surface area contributed by atoms with Gasteiger partial charge in [-0.05, 0) is 91.4 Å². The Morgan fingerprint density at radius 3 is 2.45 bits per heavy atom. The maximum absolute atomic E-state index is 6.33. The van der Waals surface area contributed by atoms with Crippen LogP contribution in [0.4, 0.5) is 5.69 Å². The monoisotopic (exact) mass is 559 g/mol. The fourth-order valence-electron chi connectivity index (χ4n) is 6.28. The number of rotatable bonds is 11. The minimum atomic E-state index is 0.557. The molecule has 5 nitrogen and oxygen atoms in total. The summed E-state index contributed by atoms with van der Waals surface area (Å²) in [5.74, 6) is 2.44. The highest BCUT2D eigenvalue weighted by molar-refractivity contribution is 5.84. The second-order valence-corrected chi connectivity index (χ2v) is 11.7. The molecule has 0 fully saturated rings. The van der Waals surface area contributed by atoms with Crippen molar-refractivity contribution in [1.82, 2.24) is 9.88 Å².